The molecule has 0 spiro atoms. The molecule has 0 saturated carbocycles. The van der Waals surface area contributed by atoms with Gasteiger partial charge in [-0.1, -0.05) is 38.1 Å². The van der Waals surface area contributed by atoms with Crippen molar-refractivity contribution in [3.05, 3.63) is 65.1 Å². The molecule has 0 aliphatic heterocycles. The maximum absolute atomic E-state index is 5.39. The molecule has 0 aliphatic carbocycles. The average Bonchev–Trinajstić information content (AvgIpc) is 3.19. The summed E-state index contributed by atoms with van der Waals surface area (Å²) < 4.78 is 5.39. The minimum Gasteiger partial charge on any atom is -0.468 e. The first-order valence-corrected chi connectivity index (χ1v) is 8.69. The Morgan fingerprint density at radius 1 is 1.13 bits per heavy atom. The maximum Gasteiger partial charge on any atom is 0.123 e. The smallest absolute Gasteiger partial charge is 0.123 e. The number of hydrogen-bond acceptors (Lipinski definition) is 4. The lowest BCUT2D eigenvalue weighted by Crippen LogP contribution is -2.15. The summed E-state index contributed by atoms with van der Waals surface area (Å²) in [4.78, 5) is 8.08. The largest absolute Gasteiger partial charge is 0.468 e. The summed E-state index contributed by atoms with van der Waals surface area (Å²) in [6, 6.07) is 12.7. The van der Waals surface area contributed by atoms with E-state index in [-0.39, 0.29) is 0 Å². The molecule has 4 heteroatoms. The lowest BCUT2D eigenvalue weighted by molar-refractivity contribution is 0.290. The van der Waals surface area contributed by atoms with Crippen molar-refractivity contribution in [3.63, 3.8) is 0 Å². The Bertz CT molecular complexity index is 729. The van der Waals surface area contributed by atoms with Crippen LogP contribution >= 0.6 is 11.3 Å². The van der Waals surface area contributed by atoms with Gasteiger partial charge in [0.05, 0.1) is 12.8 Å². The summed E-state index contributed by atoms with van der Waals surface area (Å²) >= 11 is 1.76. The van der Waals surface area contributed by atoms with Gasteiger partial charge >= 0.3 is 0 Å². The summed E-state index contributed by atoms with van der Waals surface area (Å²) in [5, 5.41) is 1.08. The van der Waals surface area contributed by atoms with Crippen molar-refractivity contribution < 1.29 is 4.42 Å². The molecule has 0 N–H and O–H groups in total. The number of benzene rings is 1. The van der Waals surface area contributed by atoms with Gasteiger partial charge in [0.2, 0.25) is 0 Å². The third-order valence-corrected chi connectivity index (χ3v) is 4.84. The lowest BCUT2D eigenvalue weighted by atomic mass is 10.0. The molecule has 120 valence electrons. The SMILES string of the molecule is CC(C)c1ccc(-c2ncc(CN(C)Cc3ccco3)s2)cc1. The molecule has 0 saturated heterocycles. The summed E-state index contributed by atoms with van der Waals surface area (Å²) in [5.74, 6) is 1.55. The predicted molar refractivity (Wildman–Crippen MR) is 95.5 cm³/mol. The third-order valence-electron chi connectivity index (χ3n) is 3.81. The van der Waals surface area contributed by atoms with Gasteiger partial charge < -0.3 is 4.42 Å². The van der Waals surface area contributed by atoms with Gasteiger partial charge in [0.1, 0.15) is 10.8 Å². The van der Waals surface area contributed by atoms with Gasteiger partial charge in [0, 0.05) is 23.2 Å². The van der Waals surface area contributed by atoms with E-state index >= 15 is 0 Å². The van der Waals surface area contributed by atoms with E-state index < -0.39 is 0 Å². The van der Waals surface area contributed by atoms with Crippen molar-refractivity contribution in [1.82, 2.24) is 9.88 Å². The fourth-order valence-corrected chi connectivity index (χ4v) is 3.51. The van der Waals surface area contributed by atoms with Gasteiger partial charge in [-0.15, -0.1) is 11.3 Å². The van der Waals surface area contributed by atoms with Crippen LogP contribution in [0.5, 0.6) is 0 Å². The quantitative estimate of drug-likeness (QED) is 0.626. The molecule has 2 heterocycles. The van der Waals surface area contributed by atoms with Crippen molar-refractivity contribution in [1.29, 1.82) is 0 Å². The molecular formula is C19H22N2OS. The molecule has 3 aromatic rings. The standard InChI is InChI=1S/C19H22N2OS/c1-14(2)15-6-8-16(9-7-15)19-20-11-18(23-19)13-21(3)12-17-5-4-10-22-17/h4-11,14H,12-13H2,1-3H3. The summed E-state index contributed by atoms with van der Waals surface area (Å²) in [6.07, 6.45) is 3.70. The van der Waals surface area contributed by atoms with Gasteiger partial charge in [-0.3, -0.25) is 4.90 Å². The van der Waals surface area contributed by atoms with Gasteiger partial charge in [0.15, 0.2) is 0 Å². The van der Waals surface area contributed by atoms with Crippen LogP contribution < -0.4 is 0 Å². The van der Waals surface area contributed by atoms with Crippen molar-refractivity contribution in [2.24, 2.45) is 0 Å². The zero-order chi connectivity index (χ0) is 16.2. The zero-order valence-corrected chi connectivity index (χ0v) is 14.6. The number of nitrogens with zero attached hydrogens (tertiary/aromatic N) is 2. The van der Waals surface area contributed by atoms with E-state index in [9.17, 15) is 0 Å². The molecule has 3 rings (SSSR count). The Balaban J connectivity index is 1.65. The number of aromatic nitrogens is 1. The van der Waals surface area contributed by atoms with Crippen LogP contribution in [0.4, 0.5) is 0 Å². The highest BCUT2D eigenvalue weighted by molar-refractivity contribution is 7.15. The monoisotopic (exact) mass is 326 g/mol. The average molecular weight is 326 g/mol. The molecule has 0 atom stereocenters. The van der Waals surface area contributed by atoms with Crippen LogP contribution in [0.15, 0.2) is 53.3 Å². The molecule has 0 fully saturated rings. The van der Waals surface area contributed by atoms with E-state index in [1.54, 1.807) is 17.6 Å². The highest BCUT2D eigenvalue weighted by atomic mass is 32.1. The molecule has 0 aliphatic rings. The van der Waals surface area contributed by atoms with Crippen LogP contribution in [0.3, 0.4) is 0 Å². The normalized spacial score (nSPS) is 11.5. The molecule has 0 amide bonds. The fraction of sp³-hybridized carbons (Fsp3) is 0.316. The fourth-order valence-electron chi connectivity index (χ4n) is 2.52. The molecule has 2 aromatic heterocycles. The predicted octanol–water partition coefficient (Wildman–Crippen LogP) is 5.16. The van der Waals surface area contributed by atoms with E-state index in [1.165, 1.54) is 16.0 Å². The van der Waals surface area contributed by atoms with Crippen LogP contribution in [0, 0.1) is 0 Å². The minimum absolute atomic E-state index is 0.561. The van der Waals surface area contributed by atoms with Gasteiger partial charge in [0.25, 0.3) is 0 Å². The molecule has 1 aromatic carbocycles. The summed E-state index contributed by atoms with van der Waals surface area (Å²) in [7, 11) is 2.10. The second-order valence-electron chi connectivity index (χ2n) is 6.16. The van der Waals surface area contributed by atoms with Crippen LogP contribution in [-0.2, 0) is 13.1 Å². The van der Waals surface area contributed by atoms with Crippen molar-refractivity contribution in [3.8, 4) is 10.6 Å². The molecule has 23 heavy (non-hydrogen) atoms. The van der Waals surface area contributed by atoms with Crippen LogP contribution in [0.2, 0.25) is 0 Å². The van der Waals surface area contributed by atoms with Crippen molar-refractivity contribution in [2.45, 2.75) is 32.9 Å². The molecule has 0 unspecified atom stereocenters. The van der Waals surface area contributed by atoms with Crippen LogP contribution in [-0.4, -0.2) is 16.9 Å². The first-order chi connectivity index (χ1) is 11.1. The maximum atomic E-state index is 5.39. The molecular weight excluding hydrogens is 304 g/mol. The van der Waals surface area contributed by atoms with Gasteiger partial charge in [-0.05, 0) is 30.7 Å². The Morgan fingerprint density at radius 2 is 1.91 bits per heavy atom. The Morgan fingerprint density at radius 3 is 2.57 bits per heavy atom. The highest BCUT2D eigenvalue weighted by Crippen LogP contribution is 2.27. The Hall–Kier alpha value is -1.91. The van der Waals surface area contributed by atoms with Crippen molar-refractivity contribution >= 4 is 11.3 Å². The lowest BCUT2D eigenvalue weighted by Gasteiger charge is -2.13. The van der Waals surface area contributed by atoms with Gasteiger partial charge in [-0.2, -0.15) is 0 Å². The third kappa shape index (κ3) is 4.09. The van der Waals surface area contributed by atoms with E-state index in [4.69, 9.17) is 4.42 Å². The van der Waals surface area contributed by atoms with E-state index in [1.807, 2.05) is 18.3 Å². The van der Waals surface area contributed by atoms with Crippen LogP contribution in [0.25, 0.3) is 10.6 Å². The zero-order valence-electron chi connectivity index (χ0n) is 13.8. The summed E-state index contributed by atoms with van der Waals surface area (Å²) in [6.45, 7) is 6.11. The molecule has 0 bridgehead atoms. The van der Waals surface area contributed by atoms with E-state index in [0.717, 1.165) is 23.9 Å². The van der Waals surface area contributed by atoms with E-state index in [0.29, 0.717) is 5.92 Å². The number of hydrogen-bond donors (Lipinski definition) is 0. The number of thiazole rings is 1. The second kappa shape index (κ2) is 7.11. The van der Waals surface area contributed by atoms with Crippen molar-refractivity contribution in [2.75, 3.05) is 7.05 Å². The topological polar surface area (TPSA) is 29.3 Å². The Kier molecular flexibility index (Phi) is 4.94. The molecule has 3 nitrogen and oxygen atoms in total. The minimum atomic E-state index is 0.561. The summed E-state index contributed by atoms with van der Waals surface area (Å²) in [5.41, 5.74) is 2.56. The van der Waals surface area contributed by atoms with Gasteiger partial charge in [-0.25, -0.2) is 4.98 Å². The highest BCUT2D eigenvalue weighted by Gasteiger charge is 2.09. The van der Waals surface area contributed by atoms with E-state index in [2.05, 4.69) is 55.0 Å². The number of furan rings is 1. The first kappa shape index (κ1) is 16.0. The second-order valence-corrected chi connectivity index (χ2v) is 7.28. The Labute approximate surface area is 141 Å². The first-order valence-electron chi connectivity index (χ1n) is 7.88. The number of rotatable bonds is 6. The van der Waals surface area contributed by atoms with Crippen LogP contribution in [0.1, 0.15) is 36.0 Å². The molecule has 0 radical (unpaired) electrons.